The van der Waals surface area contributed by atoms with Gasteiger partial charge in [0.05, 0.1) is 5.41 Å². The number of ether oxygens (including phenoxy) is 1. The normalized spacial score (nSPS) is 21.1. The highest BCUT2D eigenvalue weighted by Crippen LogP contribution is 2.40. The van der Waals surface area contributed by atoms with E-state index in [2.05, 4.69) is 17.1 Å². The molecule has 0 spiro atoms. The molecule has 0 radical (unpaired) electrons. The summed E-state index contributed by atoms with van der Waals surface area (Å²) in [6.45, 7) is 6.25. The van der Waals surface area contributed by atoms with Gasteiger partial charge in [-0.25, -0.2) is 4.39 Å². The van der Waals surface area contributed by atoms with Gasteiger partial charge in [-0.2, -0.15) is 0 Å². The Bertz CT molecular complexity index is 876. The monoisotopic (exact) mass is 438 g/mol. The van der Waals surface area contributed by atoms with E-state index in [0.717, 1.165) is 74.7 Å². The summed E-state index contributed by atoms with van der Waals surface area (Å²) in [6, 6.07) is 14.1. The molecule has 0 aromatic heterocycles. The molecule has 2 aromatic rings. The van der Waals surface area contributed by atoms with E-state index in [0.29, 0.717) is 6.61 Å². The lowest BCUT2D eigenvalue weighted by Crippen LogP contribution is -2.42. The number of rotatable bonds is 7. The second kappa shape index (κ2) is 10.5. The van der Waals surface area contributed by atoms with E-state index in [4.69, 9.17) is 4.74 Å². The van der Waals surface area contributed by atoms with Crippen LogP contribution in [-0.2, 0) is 10.2 Å². The van der Waals surface area contributed by atoms with Crippen molar-refractivity contribution >= 4 is 11.6 Å². The fourth-order valence-electron chi connectivity index (χ4n) is 5.24. The Kier molecular flexibility index (Phi) is 7.46. The predicted octanol–water partition coefficient (Wildman–Crippen LogP) is 5.78. The van der Waals surface area contributed by atoms with Crippen molar-refractivity contribution in [3.8, 4) is 5.75 Å². The minimum atomic E-state index is -0.591. The maximum atomic E-state index is 13.5. The zero-order valence-electron chi connectivity index (χ0n) is 19.1. The largest absolute Gasteiger partial charge is 0.492 e. The number of hydrogen-bond acceptors (Lipinski definition) is 3. The highest BCUT2D eigenvalue weighted by atomic mass is 19.1. The summed E-state index contributed by atoms with van der Waals surface area (Å²) in [6.07, 6.45) is 7.34. The molecule has 1 aliphatic heterocycles. The number of piperidine rings is 1. The smallest absolute Gasteiger partial charge is 0.235 e. The molecule has 1 N–H and O–H groups in total. The first kappa shape index (κ1) is 22.8. The molecule has 1 aliphatic carbocycles. The number of likely N-dealkylation sites (tertiary alicyclic amines) is 1. The van der Waals surface area contributed by atoms with Crippen LogP contribution in [0.2, 0.25) is 0 Å². The van der Waals surface area contributed by atoms with Crippen LogP contribution in [0.1, 0.15) is 57.4 Å². The molecule has 0 unspecified atom stereocenters. The summed E-state index contributed by atoms with van der Waals surface area (Å²) < 4.78 is 19.4. The minimum Gasteiger partial charge on any atom is -0.492 e. The first-order valence-corrected chi connectivity index (χ1v) is 12.1. The van der Waals surface area contributed by atoms with Crippen LogP contribution in [-0.4, -0.2) is 37.0 Å². The van der Waals surface area contributed by atoms with E-state index in [1.165, 1.54) is 25.0 Å². The fraction of sp³-hybridized carbons (Fsp3) is 0.519. The summed E-state index contributed by atoms with van der Waals surface area (Å²) in [5.74, 6) is 1.31. The van der Waals surface area contributed by atoms with Crippen molar-refractivity contribution < 1.29 is 13.9 Å². The van der Waals surface area contributed by atoms with E-state index in [-0.39, 0.29) is 11.7 Å². The third-order valence-electron chi connectivity index (χ3n) is 7.07. The fourth-order valence-corrected chi connectivity index (χ4v) is 5.24. The summed E-state index contributed by atoms with van der Waals surface area (Å²) in [5.41, 5.74) is 1.08. The minimum absolute atomic E-state index is 0.00306. The van der Waals surface area contributed by atoms with E-state index < -0.39 is 5.41 Å². The van der Waals surface area contributed by atoms with Gasteiger partial charge < -0.3 is 10.1 Å². The van der Waals surface area contributed by atoms with Crippen molar-refractivity contribution in [2.75, 3.05) is 31.6 Å². The van der Waals surface area contributed by atoms with Gasteiger partial charge in [-0.1, -0.05) is 38.3 Å². The molecule has 1 heterocycles. The van der Waals surface area contributed by atoms with Crippen LogP contribution in [0.25, 0.3) is 0 Å². The van der Waals surface area contributed by atoms with Gasteiger partial charge in [0, 0.05) is 18.8 Å². The van der Waals surface area contributed by atoms with Crippen LogP contribution >= 0.6 is 0 Å². The number of anilines is 1. The lowest BCUT2D eigenvalue weighted by Gasteiger charge is -2.36. The molecule has 172 valence electrons. The Morgan fingerprint density at radius 1 is 1.06 bits per heavy atom. The van der Waals surface area contributed by atoms with Crippen molar-refractivity contribution in [2.24, 2.45) is 5.92 Å². The lowest BCUT2D eigenvalue weighted by molar-refractivity contribution is -0.122. The zero-order chi connectivity index (χ0) is 22.4. The van der Waals surface area contributed by atoms with Crippen molar-refractivity contribution in [1.82, 2.24) is 4.90 Å². The first-order valence-electron chi connectivity index (χ1n) is 12.1. The summed E-state index contributed by atoms with van der Waals surface area (Å²) in [5, 5.41) is 3.11. The Hall–Kier alpha value is -2.40. The molecule has 1 saturated carbocycles. The van der Waals surface area contributed by atoms with E-state index in [1.54, 1.807) is 12.1 Å². The molecule has 2 aliphatic rings. The molecule has 1 saturated heterocycles. The van der Waals surface area contributed by atoms with E-state index in [1.807, 2.05) is 24.3 Å². The second-order valence-electron chi connectivity index (χ2n) is 9.52. The summed E-state index contributed by atoms with van der Waals surface area (Å²) in [4.78, 5) is 15.9. The third kappa shape index (κ3) is 5.50. The SMILES string of the molecule is C[C@H]1CCCN(CCOc2ccc(NC(=O)C3(c4ccc(F)cc4)CCCCC3)cc2)C1. The molecule has 1 atom stereocenters. The van der Waals surface area contributed by atoms with Crippen molar-refractivity contribution in [2.45, 2.75) is 57.3 Å². The summed E-state index contributed by atoms with van der Waals surface area (Å²) in [7, 11) is 0. The molecule has 4 rings (SSSR count). The van der Waals surface area contributed by atoms with Crippen LogP contribution < -0.4 is 10.1 Å². The number of nitrogens with zero attached hydrogens (tertiary/aromatic N) is 1. The van der Waals surface area contributed by atoms with Gasteiger partial charge in [0.15, 0.2) is 0 Å². The molecule has 0 bridgehead atoms. The second-order valence-corrected chi connectivity index (χ2v) is 9.52. The van der Waals surface area contributed by atoms with Gasteiger partial charge in [-0.3, -0.25) is 9.69 Å². The standard InChI is InChI=1S/C27H35FN2O2/c1-21-6-5-17-30(20-21)18-19-32-25-13-11-24(12-14-25)29-26(31)27(15-3-2-4-16-27)22-7-9-23(28)10-8-22/h7-14,21H,2-6,15-20H2,1H3,(H,29,31)/t21-/m0/s1. The zero-order valence-corrected chi connectivity index (χ0v) is 19.1. The molecule has 1 amide bonds. The van der Waals surface area contributed by atoms with Crippen LogP contribution in [0.15, 0.2) is 48.5 Å². The van der Waals surface area contributed by atoms with Gasteiger partial charge in [-0.15, -0.1) is 0 Å². The molecular formula is C27H35FN2O2. The Balaban J connectivity index is 1.35. The van der Waals surface area contributed by atoms with Crippen LogP contribution in [0.3, 0.4) is 0 Å². The van der Waals surface area contributed by atoms with Crippen LogP contribution in [0.5, 0.6) is 5.75 Å². The summed E-state index contributed by atoms with van der Waals surface area (Å²) >= 11 is 0. The molecule has 4 nitrogen and oxygen atoms in total. The van der Waals surface area contributed by atoms with E-state index in [9.17, 15) is 9.18 Å². The average molecular weight is 439 g/mol. The number of amides is 1. The highest BCUT2D eigenvalue weighted by molar-refractivity contribution is 5.99. The third-order valence-corrected chi connectivity index (χ3v) is 7.07. The molecule has 2 aromatic carbocycles. The van der Waals surface area contributed by atoms with Gasteiger partial charge in [0.25, 0.3) is 0 Å². The number of carbonyl (C=O) groups excluding carboxylic acids is 1. The quantitative estimate of drug-likeness (QED) is 0.596. The predicted molar refractivity (Wildman–Crippen MR) is 127 cm³/mol. The van der Waals surface area contributed by atoms with Crippen LogP contribution in [0.4, 0.5) is 10.1 Å². The van der Waals surface area contributed by atoms with Crippen molar-refractivity contribution in [1.29, 1.82) is 0 Å². The Morgan fingerprint density at radius 2 is 1.78 bits per heavy atom. The Labute approximate surface area is 191 Å². The molecule has 2 fully saturated rings. The number of hydrogen-bond donors (Lipinski definition) is 1. The van der Waals surface area contributed by atoms with Crippen LogP contribution in [0, 0.1) is 11.7 Å². The lowest BCUT2D eigenvalue weighted by atomic mass is 9.68. The highest BCUT2D eigenvalue weighted by Gasteiger charge is 2.41. The Morgan fingerprint density at radius 3 is 2.47 bits per heavy atom. The van der Waals surface area contributed by atoms with Gasteiger partial charge in [-0.05, 0) is 80.1 Å². The number of carbonyl (C=O) groups is 1. The van der Waals surface area contributed by atoms with Gasteiger partial charge >= 0.3 is 0 Å². The first-order chi connectivity index (χ1) is 15.5. The van der Waals surface area contributed by atoms with Gasteiger partial charge in [0.1, 0.15) is 18.2 Å². The number of benzene rings is 2. The average Bonchev–Trinajstić information content (AvgIpc) is 2.81. The molecule has 32 heavy (non-hydrogen) atoms. The van der Waals surface area contributed by atoms with Crippen molar-refractivity contribution in [3.05, 3.63) is 59.9 Å². The number of halogens is 1. The van der Waals surface area contributed by atoms with Crippen molar-refractivity contribution in [3.63, 3.8) is 0 Å². The number of nitrogens with one attached hydrogen (secondary N) is 1. The maximum Gasteiger partial charge on any atom is 0.235 e. The van der Waals surface area contributed by atoms with E-state index >= 15 is 0 Å². The molecular weight excluding hydrogens is 403 g/mol. The maximum absolute atomic E-state index is 13.5. The van der Waals surface area contributed by atoms with Gasteiger partial charge in [0.2, 0.25) is 5.91 Å². The topological polar surface area (TPSA) is 41.6 Å². The molecule has 5 heteroatoms.